The van der Waals surface area contributed by atoms with Crippen molar-refractivity contribution in [2.75, 3.05) is 0 Å². The van der Waals surface area contributed by atoms with E-state index < -0.39 is 11.6 Å². The fourth-order valence-electron chi connectivity index (χ4n) is 2.55. The first-order chi connectivity index (χ1) is 7.11. The largest absolute Gasteiger partial charge is 0.479 e. The van der Waals surface area contributed by atoms with E-state index in [1.54, 1.807) is 6.92 Å². The molecule has 1 aliphatic rings. The Kier molecular flexibility index (Phi) is 4.58. The predicted molar refractivity (Wildman–Crippen MR) is 58.7 cm³/mol. The number of hydrogen-bond donors (Lipinski definition) is 2. The Morgan fingerprint density at radius 2 is 1.67 bits per heavy atom. The van der Waals surface area contributed by atoms with E-state index in [0.29, 0.717) is 6.42 Å². The van der Waals surface area contributed by atoms with Gasteiger partial charge in [-0.3, -0.25) is 0 Å². The Hall–Kier alpha value is -0.570. The number of carbonyl (C=O) groups is 1. The molecule has 2 N–H and O–H groups in total. The highest BCUT2D eigenvalue weighted by Crippen LogP contribution is 2.33. The second-order valence-electron chi connectivity index (χ2n) is 4.63. The third-order valence-electron chi connectivity index (χ3n) is 3.69. The molecule has 1 fully saturated rings. The van der Waals surface area contributed by atoms with Crippen LogP contribution >= 0.6 is 0 Å². The Bertz CT molecular complexity index is 207. The monoisotopic (exact) mass is 214 g/mol. The first kappa shape index (κ1) is 12.5. The molecule has 3 nitrogen and oxygen atoms in total. The Morgan fingerprint density at radius 3 is 2.07 bits per heavy atom. The van der Waals surface area contributed by atoms with Gasteiger partial charge in [0.25, 0.3) is 0 Å². The van der Waals surface area contributed by atoms with Gasteiger partial charge in [0.05, 0.1) is 0 Å². The molecule has 1 rings (SSSR count). The molecule has 0 aliphatic heterocycles. The molecule has 88 valence electrons. The fourth-order valence-corrected chi connectivity index (χ4v) is 2.55. The van der Waals surface area contributed by atoms with Crippen LogP contribution in [0.1, 0.15) is 58.3 Å². The summed E-state index contributed by atoms with van der Waals surface area (Å²) in [6.07, 6.45) is 7.75. The number of rotatable bonds is 3. The van der Waals surface area contributed by atoms with Crippen LogP contribution in [0.3, 0.4) is 0 Å². The molecule has 15 heavy (non-hydrogen) atoms. The van der Waals surface area contributed by atoms with Crippen molar-refractivity contribution in [2.45, 2.75) is 63.9 Å². The highest BCUT2D eigenvalue weighted by molar-refractivity contribution is 5.77. The van der Waals surface area contributed by atoms with Crippen molar-refractivity contribution in [1.29, 1.82) is 0 Å². The summed E-state index contributed by atoms with van der Waals surface area (Å²) in [5.74, 6) is -1.10. The zero-order valence-corrected chi connectivity index (χ0v) is 9.54. The quantitative estimate of drug-likeness (QED) is 0.759. The highest BCUT2D eigenvalue weighted by atomic mass is 16.4. The molecule has 0 saturated heterocycles. The van der Waals surface area contributed by atoms with E-state index in [2.05, 4.69) is 0 Å². The third-order valence-corrected chi connectivity index (χ3v) is 3.69. The average Bonchev–Trinajstić information content (AvgIpc) is 2.15. The molecular weight excluding hydrogens is 192 g/mol. The number of carboxylic acids is 1. The predicted octanol–water partition coefficient (Wildman–Crippen LogP) is 2.57. The zero-order chi connectivity index (χ0) is 11.3. The normalized spacial score (nSPS) is 23.9. The minimum absolute atomic E-state index is 0.0553. The fraction of sp³-hybridized carbons (Fsp3) is 0.917. The van der Waals surface area contributed by atoms with Gasteiger partial charge in [-0.05, 0) is 25.2 Å². The van der Waals surface area contributed by atoms with Crippen molar-refractivity contribution in [1.82, 2.24) is 0 Å². The number of hydrogen-bond acceptors (Lipinski definition) is 2. The summed E-state index contributed by atoms with van der Waals surface area (Å²) in [6, 6.07) is 0. The van der Waals surface area contributed by atoms with Gasteiger partial charge < -0.3 is 10.2 Å². The summed E-state index contributed by atoms with van der Waals surface area (Å²) in [5.41, 5.74) is -1.49. The average molecular weight is 214 g/mol. The van der Waals surface area contributed by atoms with Gasteiger partial charge in [-0.2, -0.15) is 0 Å². The van der Waals surface area contributed by atoms with Crippen LogP contribution in [0, 0.1) is 5.92 Å². The van der Waals surface area contributed by atoms with E-state index in [1.165, 1.54) is 19.3 Å². The zero-order valence-electron chi connectivity index (χ0n) is 9.54. The third kappa shape index (κ3) is 2.94. The number of aliphatic hydroxyl groups is 1. The topological polar surface area (TPSA) is 57.5 Å². The van der Waals surface area contributed by atoms with Crippen LogP contribution in [0.2, 0.25) is 0 Å². The lowest BCUT2D eigenvalue weighted by molar-refractivity contribution is -0.166. The van der Waals surface area contributed by atoms with Crippen LogP contribution in [0.4, 0.5) is 0 Å². The van der Waals surface area contributed by atoms with Gasteiger partial charge in [0.15, 0.2) is 5.60 Å². The van der Waals surface area contributed by atoms with E-state index in [4.69, 9.17) is 5.11 Å². The summed E-state index contributed by atoms with van der Waals surface area (Å²) >= 11 is 0. The lowest BCUT2D eigenvalue weighted by Crippen LogP contribution is -2.45. The summed E-state index contributed by atoms with van der Waals surface area (Å²) in [4.78, 5) is 11.1. The van der Waals surface area contributed by atoms with E-state index in [9.17, 15) is 9.90 Å². The molecule has 0 aromatic heterocycles. The van der Waals surface area contributed by atoms with Crippen LogP contribution in [-0.2, 0) is 4.79 Å². The van der Waals surface area contributed by atoms with Gasteiger partial charge >= 0.3 is 5.97 Å². The van der Waals surface area contributed by atoms with Gasteiger partial charge in [0, 0.05) is 0 Å². The smallest absolute Gasteiger partial charge is 0.335 e. The van der Waals surface area contributed by atoms with E-state index in [0.717, 1.165) is 25.7 Å². The summed E-state index contributed by atoms with van der Waals surface area (Å²) in [7, 11) is 0. The molecule has 0 bridgehead atoms. The van der Waals surface area contributed by atoms with Crippen molar-refractivity contribution < 1.29 is 15.0 Å². The van der Waals surface area contributed by atoms with Crippen molar-refractivity contribution in [2.24, 2.45) is 5.92 Å². The van der Waals surface area contributed by atoms with Gasteiger partial charge in [-0.15, -0.1) is 0 Å². The van der Waals surface area contributed by atoms with Gasteiger partial charge in [-0.25, -0.2) is 4.79 Å². The van der Waals surface area contributed by atoms with Gasteiger partial charge in [0.1, 0.15) is 0 Å². The maximum absolute atomic E-state index is 11.1. The lowest BCUT2D eigenvalue weighted by Gasteiger charge is -2.32. The molecule has 1 aliphatic carbocycles. The van der Waals surface area contributed by atoms with E-state index >= 15 is 0 Å². The number of carboxylic acid groups (broad SMARTS) is 1. The van der Waals surface area contributed by atoms with Crippen LogP contribution in [0.5, 0.6) is 0 Å². The maximum Gasteiger partial charge on any atom is 0.335 e. The van der Waals surface area contributed by atoms with Crippen molar-refractivity contribution in [3.05, 3.63) is 0 Å². The Labute approximate surface area is 91.5 Å². The minimum atomic E-state index is -1.49. The first-order valence-electron chi connectivity index (χ1n) is 6.07. The molecule has 0 heterocycles. The molecule has 0 aromatic rings. The Morgan fingerprint density at radius 1 is 1.20 bits per heavy atom. The lowest BCUT2D eigenvalue weighted by atomic mass is 9.77. The van der Waals surface area contributed by atoms with Crippen molar-refractivity contribution in [3.63, 3.8) is 0 Å². The highest BCUT2D eigenvalue weighted by Gasteiger charge is 2.41. The second kappa shape index (κ2) is 5.50. The molecule has 3 heteroatoms. The molecular formula is C12H22O3. The van der Waals surface area contributed by atoms with Crippen LogP contribution in [0.25, 0.3) is 0 Å². The van der Waals surface area contributed by atoms with Crippen molar-refractivity contribution in [3.8, 4) is 0 Å². The standard InChI is InChI=1S/C12H22O3/c1-2-12(15,11(13)14)10-8-6-4-3-5-7-9-10/h10,15H,2-9H2,1H3,(H,13,14). The molecule has 0 aromatic carbocycles. The van der Waals surface area contributed by atoms with E-state index in [-0.39, 0.29) is 5.92 Å². The minimum Gasteiger partial charge on any atom is -0.479 e. The van der Waals surface area contributed by atoms with Crippen LogP contribution in [0.15, 0.2) is 0 Å². The number of aliphatic carboxylic acids is 1. The van der Waals surface area contributed by atoms with Crippen molar-refractivity contribution >= 4 is 5.97 Å². The maximum atomic E-state index is 11.1. The first-order valence-corrected chi connectivity index (χ1v) is 6.07. The summed E-state index contributed by atoms with van der Waals surface area (Å²) in [5, 5.41) is 19.2. The van der Waals surface area contributed by atoms with Crippen LogP contribution < -0.4 is 0 Å². The molecule has 1 unspecified atom stereocenters. The summed E-state index contributed by atoms with van der Waals surface area (Å²) in [6.45, 7) is 1.76. The molecule has 0 radical (unpaired) electrons. The Balaban J connectivity index is 2.67. The van der Waals surface area contributed by atoms with Gasteiger partial charge in [-0.1, -0.05) is 39.0 Å². The molecule has 1 saturated carbocycles. The molecule has 1 atom stereocenters. The SMILES string of the molecule is CCC(O)(C(=O)O)C1CCCCCCC1. The molecule has 0 spiro atoms. The molecule has 0 amide bonds. The van der Waals surface area contributed by atoms with E-state index in [1.807, 2.05) is 0 Å². The van der Waals surface area contributed by atoms with Crippen LogP contribution in [-0.4, -0.2) is 21.8 Å². The van der Waals surface area contributed by atoms with Gasteiger partial charge in [0.2, 0.25) is 0 Å². The summed E-state index contributed by atoms with van der Waals surface area (Å²) < 4.78 is 0. The second-order valence-corrected chi connectivity index (χ2v) is 4.63.